The highest BCUT2D eigenvalue weighted by atomic mass is 19.1. The van der Waals surface area contributed by atoms with Crippen LogP contribution < -0.4 is 0 Å². The minimum Gasteiger partial charge on any atom is -0.481 e. The molecule has 0 spiro atoms. The average molecular weight is 227 g/mol. The molecule has 1 aromatic rings. The summed E-state index contributed by atoms with van der Waals surface area (Å²) >= 11 is 0. The molecule has 5 nitrogen and oxygen atoms in total. The molecule has 0 aliphatic rings. The highest BCUT2D eigenvalue weighted by molar-refractivity contribution is 5.68. The molecule has 1 unspecified atom stereocenters. The van der Waals surface area contributed by atoms with Crippen LogP contribution in [0.2, 0.25) is 0 Å². The van der Waals surface area contributed by atoms with E-state index < -0.39 is 22.6 Å². The normalized spacial score (nSPS) is 12.1. The van der Waals surface area contributed by atoms with E-state index in [1.54, 1.807) is 0 Å². The van der Waals surface area contributed by atoms with Gasteiger partial charge in [0.1, 0.15) is 5.82 Å². The summed E-state index contributed by atoms with van der Waals surface area (Å²) < 4.78 is 12.9. The molecule has 0 heterocycles. The fourth-order valence-corrected chi connectivity index (χ4v) is 1.46. The highest BCUT2D eigenvalue weighted by Gasteiger charge is 2.21. The molecule has 1 aromatic carbocycles. The summed E-state index contributed by atoms with van der Waals surface area (Å²) in [6.07, 6.45) is -0.274. The van der Waals surface area contributed by atoms with Crippen LogP contribution >= 0.6 is 0 Å². The molecule has 0 bridgehead atoms. The molecule has 0 aliphatic heterocycles. The van der Waals surface area contributed by atoms with Crippen LogP contribution in [-0.2, 0) is 4.79 Å². The first kappa shape index (κ1) is 12.1. The van der Waals surface area contributed by atoms with Crippen molar-refractivity contribution in [2.24, 2.45) is 0 Å². The van der Waals surface area contributed by atoms with Crippen molar-refractivity contribution >= 4 is 11.7 Å². The van der Waals surface area contributed by atoms with Gasteiger partial charge in [0.25, 0.3) is 5.69 Å². The number of carbonyl (C=O) groups is 1. The number of nitro groups is 1. The molecular weight excluding hydrogens is 217 g/mol. The Bertz CT molecular complexity index is 433. The number of nitro benzene ring substituents is 1. The molecule has 6 heteroatoms. The Kier molecular flexibility index (Phi) is 3.55. The zero-order valence-corrected chi connectivity index (χ0v) is 8.51. The van der Waals surface area contributed by atoms with Gasteiger partial charge in [0.2, 0.25) is 0 Å². The van der Waals surface area contributed by atoms with Crippen molar-refractivity contribution < 1.29 is 19.2 Å². The summed E-state index contributed by atoms with van der Waals surface area (Å²) in [7, 11) is 0. The number of carboxylic acids is 1. The molecule has 0 saturated carbocycles. The van der Waals surface area contributed by atoms with Crippen LogP contribution in [0, 0.1) is 15.9 Å². The topological polar surface area (TPSA) is 80.4 Å². The minimum absolute atomic E-state index is 0.104. The maximum Gasteiger partial charge on any atom is 0.303 e. The van der Waals surface area contributed by atoms with Gasteiger partial charge in [-0.3, -0.25) is 14.9 Å². The quantitative estimate of drug-likeness (QED) is 0.632. The van der Waals surface area contributed by atoms with Crippen LogP contribution in [-0.4, -0.2) is 16.0 Å². The monoisotopic (exact) mass is 227 g/mol. The fourth-order valence-electron chi connectivity index (χ4n) is 1.46. The Morgan fingerprint density at radius 3 is 2.75 bits per heavy atom. The van der Waals surface area contributed by atoms with E-state index in [1.165, 1.54) is 6.92 Å². The van der Waals surface area contributed by atoms with Crippen LogP contribution in [0.3, 0.4) is 0 Å². The van der Waals surface area contributed by atoms with E-state index in [0.717, 1.165) is 18.2 Å². The van der Waals surface area contributed by atoms with Gasteiger partial charge >= 0.3 is 5.97 Å². The molecule has 1 N–H and O–H groups in total. The van der Waals surface area contributed by atoms with Crippen LogP contribution in [0.1, 0.15) is 24.8 Å². The summed E-state index contributed by atoms with van der Waals surface area (Å²) in [5, 5.41) is 19.2. The molecule has 0 saturated heterocycles. The maximum absolute atomic E-state index is 12.9. The molecule has 0 aromatic heterocycles. The van der Waals surface area contributed by atoms with Gasteiger partial charge in [0.05, 0.1) is 11.3 Å². The largest absolute Gasteiger partial charge is 0.481 e. The number of hydrogen-bond donors (Lipinski definition) is 1. The van der Waals surface area contributed by atoms with Gasteiger partial charge in [-0.05, 0) is 18.1 Å². The number of aliphatic carboxylic acids is 1. The van der Waals surface area contributed by atoms with E-state index >= 15 is 0 Å². The van der Waals surface area contributed by atoms with Gasteiger partial charge in [-0.25, -0.2) is 4.39 Å². The van der Waals surface area contributed by atoms with Crippen LogP contribution in [0.5, 0.6) is 0 Å². The van der Waals surface area contributed by atoms with Crippen molar-refractivity contribution in [3.63, 3.8) is 0 Å². The lowest BCUT2D eigenvalue weighted by atomic mass is 9.96. The molecule has 0 fully saturated rings. The first-order valence-electron chi connectivity index (χ1n) is 4.57. The van der Waals surface area contributed by atoms with Crippen LogP contribution in [0.25, 0.3) is 0 Å². The molecule has 0 radical (unpaired) electrons. The standard InChI is InChI=1S/C10H10FNO4/c1-6(4-10(13)14)8-5-7(11)2-3-9(8)12(15)16/h2-3,5-6H,4H2,1H3,(H,13,14). The Hall–Kier alpha value is -1.98. The number of carboxylic acid groups (broad SMARTS) is 1. The lowest BCUT2D eigenvalue weighted by Gasteiger charge is -2.09. The third kappa shape index (κ3) is 2.75. The second kappa shape index (κ2) is 4.69. The Morgan fingerprint density at radius 2 is 2.25 bits per heavy atom. The van der Waals surface area contributed by atoms with Gasteiger partial charge in [-0.2, -0.15) is 0 Å². The first-order valence-corrected chi connectivity index (χ1v) is 4.57. The number of benzene rings is 1. The number of rotatable bonds is 4. The molecule has 0 amide bonds. The predicted octanol–water partition coefficient (Wildman–Crippen LogP) is 2.31. The number of hydrogen-bond acceptors (Lipinski definition) is 3. The van der Waals surface area contributed by atoms with Gasteiger partial charge in [-0.1, -0.05) is 6.92 Å². The van der Waals surface area contributed by atoms with Crippen molar-refractivity contribution in [3.8, 4) is 0 Å². The smallest absolute Gasteiger partial charge is 0.303 e. The minimum atomic E-state index is -1.08. The number of nitrogens with zero attached hydrogens (tertiary/aromatic N) is 1. The van der Waals surface area contributed by atoms with Gasteiger partial charge in [-0.15, -0.1) is 0 Å². The van der Waals surface area contributed by atoms with E-state index in [1.807, 2.05) is 0 Å². The van der Waals surface area contributed by atoms with Crippen molar-refractivity contribution in [3.05, 3.63) is 39.7 Å². The molecule has 1 atom stereocenters. The average Bonchev–Trinajstić information content (AvgIpc) is 2.15. The zero-order valence-electron chi connectivity index (χ0n) is 8.51. The van der Waals surface area contributed by atoms with Gasteiger partial charge in [0, 0.05) is 11.6 Å². The van der Waals surface area contributed by atoms with E-state index in [0.29, 0.717) is 0 Å². The number of halogens is 1. The van der Waals surface area contributed by atoms with Gasteiger partial charge < -0.3 is 5.11 Å². The van der Waals surface area contributed by atoms with Crippen LogP contribution in [0.15, 0.2) is 18.2 Å². The van der Waals surface area contributed by atoms with E-state index in [9.17, 15) is 19.3 Å². The molecule has 0 aliphatic carbocycles. The summed E-state index contributed by atoms with van der Waals surface area (Å²) in [4.78, 5) is 20.5. The van der Waals surface area contributed by atoms with Crippen LogP contribution in [0.4, 0.5) is 10.1 Å². The second-order valence-corrected chi connectivity index (χ2v) is 3.46. The summed E-state index contributed by atoms with van der Waals surface area (Å²) in [6, 6.07) is 3.03. The highest BCUT2D eigenvalue weighted by Crippen LogP contribution is 2.29. The Balaban J connectivity index is 3.13. The molecule has 86 valence electrons. The molecule has 16 heavy (non-hydrogen) atoms. The van der Waals surface area contributed by atoms with E-state index in [2.05, 4.69) is 0 Å². The van der Waals surface area contributed by atoms with Crippen molar-refractivity contribution in [1.82, 2.24) is 0 Å². The summed E-state index contributed by atoms with van der Waals surface area (Å²) in [6.45, 7) is 1.51. The SMILES string of the molecule is CC(CC(=O)O)c1cc(F)ccc1[N+](=O)[O-]. The molecule has 1 rings (SSSR count). The summed E-state index contributed by atoms with van der Waals surface area (Å²) in [5.74, 6) is -2.29. The van der Waals surface area contributed by atoms with Gasteiger partial charge in [0.15, 0.2) is 0 Å². The maximum atomic E-state index is 12.9. The Labute approximate surface area is 90.7 Å². The first-order chi connectivity index (χ1) is 7.41. The van der Waals surface area contributed by atoms with Crippen molar-refractivity contribution in [1.29, 1.82) is 0 Å². The van der Waals surface area contributed by atoms with E-state index in [-0.39, 0.29) is 17.7 Å². The third-order valence-electron chi connectivity index (χ3n) is 2.20. The van der Waals surface area contributed by atoms with Crippen molar-refractivity contribution in [2.75, 3.05) is 0 Å². The third-order valence-corrected chi connectivity index (χ3v) is 2.20. The van der Waals surface area contributed by atoms with E-state index in [4.69, 9.17) is 5.11 Å². The second-order valence-electron chi connectivity index (χ2n) is 3.46. The lowest BCUT2D eigenvalue weighted by Crippen LogP contribution is -2.06. The zero-order chi connectivity index (χ0) is 12.3. The predicted molar refractivity (Wildman–Crippen MR) is 53.7 cm³/mol. The summed E-state index contributed by atoms with van der Waals surface area (Å²) in [5.41, 5.74) is -0.150. The Morgan fingerprint density at radius 1 is 1.62 bits per heavy atom. The lowest BCUT2D eigenvalue weighted by molar-refractivity contribution is -0.385. The van der Waals surface area contributed by atoms with Crippen molar-refractivity contribution in [2.45, 2.75) is 19.3 Å². The fraction of sp³-hybridized carbons (Fsp3) is 0.300. The molecular formula is C10H10FNO4.